The number of rotatable bonds is 3. The number of ether oxygens (including phenoxy) is 1. The van der Waals surface area contributed by atoms with Crippen molar-refractivity contribution in [1.82, 2.24) is 15.0 Å². The SMILES string of the molecule is O=C(Nc1cc2cc(-c3cnco3)cnc2cn1)C1CCOCC1. The van der Waals surface area contributed by atoms with Crippen LogP contribution in [0.15, 0.2) is 41.5 Å². The molecule has 0 unspecified atom stereocenters. The van der Waals surface area contributed by atoms with Gasteiger partial charge in [0, 0.05) is 36.3 Å². The number of carbonyl (C=O) groups excluding carboxylic acids is 1. The van der Waals surface area contributed by atoms with E-state index in [9.17, 15) is 4.79 Å². The summed E-state index contributed by atoms with van der Waals surface area (Å²) in [5, 5.41) is 3.76. The number of hydrogen-bond donors (Lipinski definition) is 1. The van der Waals surface area contributed by atoms with E-state index < -0.39 is 0 Å². The summed E-state index contributed by atoms with van der Waals surface area (Å²) in [7, 11) is 0. The van der Waals surface area contributed by atoms with Crippen molar-refractivity contribution in [2.45, 2.75) is 12.8 Å². The van der Waals surface area contributed by atoms with E-state index in [1.165, 1.54) is 6.39 Å². The molecule has 1 saturated heterocycles. The minimum Gasteiger partial charge on any atom is -0.443 e. The number of pyridine rings is 2. The second-order valence-electron chi connectivity index (χ2n) is 5.73. The number of anilines is 1. The van der Waals surface area contributed by atoms with E-state index >= 15 is 0 Å². The number of aromatic nitrogens is 3. The topological polar surface area (TPSA) is 90.1 Å². The van der Waals surface area contributed by atoms with Gasteiger partial charge in [0.05, 0.1) is 17.9 Å². The molecular weight excluding hydrogens is 308 g/mol. The van der Waals surface area contributed by atoms with Crippen LogP contribution in [0, 0.1) is 5.92 Å². The Morgan fingerprint density at radius 3 is 2.79 bits per heavy atom. The maximum atomic E-state index is 12.3. The van der Waals surface area contributed by atoms with Crippen molar-refractivity contribution in [3.63, 3.8) is 0 Å². The van der Waals surface area contributed by atoms with Crippen molar-refractivity contribution in [2.75, 3.05) is 18.5 Å². The molecule has 0 saturated carbocycles. The number of hydrogen-bond acceptors (Lipinski definition) is 6. The molecule has 4 heterocycles. The molecule has 0 spiro atoms. The first kappa shape index (κ1) is 14.8. The predicted molar refractivity (Wildman–Crippen MR) is 87.2 cm³/mol. The first-order valence-electron chi connectivity index (χ1n) is 7.83. The number of nitrogens with one attached hydrogen (secondary N) is 1. The highest BCUT2D eigenvalue weighted by Crippen LogP contribution is 2.24. The van der Waals surface area contributed by atoms with Crippen LogP contribution < -0.4 is 5.32 Å². The Balaban J connectivity index is 1.58. The number of carbonyl (C=O) groups is 1. The maximum absolute atomic E-state index is 12.3. The van der Waals surface area contributed by atoms with Gasteiger partial charge in [-0.05, 0) is 25.0 Å². The molecule has 7 nitrogen and oxygen atoms in total. The summed E-state index contributed by atoms with van der Waals surface area (Å²) >= 11 is 0. The van der Waals surface area contributed by atoms with E-state index in [2.05, 4.69) is 20.3 Å². The Labute approximate surface area is 138 Å². The van der Waals surface area contributed by atoms with E-state index in [0.29, 0.717) is 24.8 Å². The Hall–Kier alpha value is -2.80. The van der Waals surface area contributed by atoms with Crippen LogP contribution >= 0.6 is 0 Å². The summed E-state index contributed by atoms with van der Waals surface area (Å²) in [6.07, 6.45) is 7.88. The fraction of sp³-hybridized carbons (Fsp3) is 0.294. The number of fused-ring (bicyclic) bond motifs is 1. The molecule has 3 aromatic rings. The summed E-state index contributed by atoms with van der Waals surface area (Å²) in [6, 6.07) is 3.76. The Kier molecular flexibility index (Phi) is 3.92. The van der Waals surface area contributed by atoms with E-state index in [0.717, 1.165) is 29.3 Å². The predicted octanol–water partition coefficient (Wildman–Crippen LogP) is 2.65. The third-order valence-corrected chi connectivity index (χ3v) is 4.13. The van der Waals surface area contributed by atoms with E-state index in [1.807, 2.05) is 12.1 Å². The monoisotopic (exact) mass is 324 g/mol. The van der Waals surface area contributed by atoms with Crippen LogP contribution in [0.2, 0.25) is 0 Å². The largest absolute Gasteiger partial charge is 0.443 e. The normalized spacial score (nSPS) is 15.5. The smallest absolute Gasteiger partial charge is 0.228 e. The van der Waals surface area contributed by atoms with Gasteiger partial charge in [-0.15, -0.1) is 0 Å². The van der Waals surface area contributed by atoms with Crippen molar-refractivity contribution in [3.05, 3.63) is 37.1 Å². The minimum absolute atomic E-state index is 0.00972. The van der Waals surface area contributed by atoms with Crippen LogP contribution in [-0.2, 0) is 9.53 Å². The van der Waals surface area contributed by atoms with Gasteiger partial charge in [0.1, 0.15) is 5.82 Å². The van der Waals surface area contributed by atoms with Crippen LogP contribution in [-0.4, -0.2) is 34.1 Å². The van der Waals surface area contributed by atoms with Gasteiger partial charge >= 0.3 is 0 Å². The van der Waals surface area contributed by atoms with Crippen LogP contribution in [0.1, 0.15) is 12.8 Å². The molecule has 1 aliphatic rings. The molecule has 122 valence electrons. The van der Waals surface area contributed by atoms with Gasteiger partial charge < -0.3 is 14.5 Å². The molecular formula is C17H16N4O3. The third kappa shape index (κ3) is 2.98. The lowest BCUT2D eigenvalue weighted by molar-refractivity contribution is -0.122. The summed E-state index contributed by atoms with van der Waals surface area (Å²) in [5.74, 6) is 1.14. The van der Waals surface area contributed by atoms with Gasteiger partial charge in [0.15, 0.2) is 12.2 Å². The third-order valence-electron chi connectivity index (χ3n) is 4.13. The molecule has 3 aromatic heterocycles. The highest BCUT2D eigenvalue weighted by molar-refractivity contribution is 5.94. The molecule has 0 bridgehead atoms. The van der Waals surface area contributed by atoms with Gasteiger partial charge in [0.25, 0.3) is 0 Å². The molecule has 1 amide bonds. The fourth-order valence-corrected chi connectivity index (χ4v) is 2.78. The minimum atomic E-state index is -0.0186. The van der Waals surface area contributed by atoms with Crippen LogP contribution in [0.25, 0.3) is 22.2 Å². The molecule has 0 radical (unpaired) electrons. The molecule has 0 aliphatic carbocycles. The van der Waals surface area contributed by atoms with Crippen LogP contribution in [0.3, 0.4) is 0 Å². The summed E-state index contributed by atoms with van der Waals surface area (Å²) < 4.78 is 10.6. The Bertz CT molecular complexity index is 857. The van der Waals surface area contributed by atoms with Gasteiger partial charge in [0.2, 0.25) is 5.91 Å². The Morgan fingerprint density at radius 2 is 2.00 bits per heavy atom. The van der Waals surface area contributed by atoms with E-state index in [4.69, 9.17) is 9.15 Å². The van der Waals surface area contributed by atoms with Crippen LogP contribution in [0.5, 0.6) is 0 Å². The molecule has 0 aromatic carbocycles. The van der Waals surface area contributed by atoms with Crippen molar-refractivity contribution in [3.8, 4) is 11.3 Å². The lowest BCUT2D eigenvalue weighted by Gasteiger charge is -2.20. The first-order valence-corrected chi connectivity index (χ1v) is 7.83. The fourth-order valence-electron chi connectivity index (χ4n) is 2.78. The second-order valence-corrected chi connectivity index (χ2v) is 5.73. The molecule has 1 aliphatic heterocycles. The van der Waals surface area contributed by atoms with Gasteiger partial charge in [-0.25, -0.2) is 9.97 Å². The molecule has 0 atom stereocenters. The van der Waals surface area contributed by atoms with Crippen molar-refractivity contribution >= 4 is 22.6 Å². The lowest BCUT2D eigenvalue weighted by atomic mass is 9.99. The summed E-state index contributed by atoms with van der Waals surface area (Å²) in [5.41, 5.74) is 1.58. The average molecular weight is 324 g/mol. The van der Waals surface area contributed by atoms with Crippen LogP contribution in [0.4, 0.5) is 5.82 Å². The second kappa shape index (κ2) is 6.37. The zero-order valence-corrected chi connectivity index (χ0v) is 12.9. The number of oxazole rings is 1. The van der Waals surface area contributed by atoms with E-state index in [1.54, 1.807) is 18.6 Å². The standard InChI is InChI=1S/C17H16N4O3/c22-17(11-1-3-23-4-2-11)21-16-6-12-5-13(15-9-18-10-24-15)7-19-14(12)8-20-16/h5-11H,1-4H2,(H,20,21,22). The maximum Gasteiger partial charge on any atom is 0.228 e. The van der Waals surface area contributed by atoms with Crippen molar-refractivity contribution < 1.29 is 13.9 Å². The van der Waals surface area contributed by atoms with Gasteiger partial charge in [-0.1, -0.05) is 0 Å². The number of nitrogens with zero attached hydrogens (tertiary/aromatic N) is 3. The zero-order chi connectivity index (χ0) is 16.4. The highest BCUT2D eigenvalue weighted by Gasteiger charge is 2.21. The molecule has 4 rings (SSSR count). The highest BCUT2D eigenvalue weighted by atomic mass is 16.5. The molecule has 24 heavy (non-hydrogen) atoms. The lowest BCUT2D eigenvalue weighted by Crippen LogP contribution is -2.28. The summed E-state index contributed by atoms with van der Waals surface area (Å²) in [4.78, 5) is 24.9. The quantitative estimate of drug-likeness (QED) is 0.796. The van der Waals surface area contributed by atoms with Crippen molar-refractivity contribution in [1.29, 1.82) is 0 Å². The zero-order valence-electron chi connectivity index (χ0n) is 12.9. The molecule has 7 heteroatoms. The van der Waals surface area contributed by atoms with Crippen molar-refractivity contribution in [2.24, 2.45) is 5.92 Å². The van der Waals surface area contributed by atoms with E-state index in [-0.39, 0.29) is 11.8 Å². The summed E-state index contributed by atoms with van der Waals surface area (Å²) in [6.45, 7) is 1.27. The van der Waals surface area contributed by atoms with Gasteiger partial charge in [-0.2, -0.15) is 0 Å². The first-order chi connectivity index (χ1) is 11.8. The molecule has 1 N–H and O–H groups in total. The Morgan fingerprint density at radius 1 is 1.12 bits per heavy atom. The number of amides is 1. The average Bonchev–Trinajstić information content (AvgIpc) is 3.16. The van der Waals surface area contributed by atoms with Gasteiger partial charge in [-0.3, -0.25) is 9.78 Å². The molecule has 1 fully saturated rings.